The molecule has 4 rings (SSSR count). The summed E-state index contributed by atoms with van der Waals surface area (Å²) >= 11 is 9.31. The molecule has 2 aromatic heterocycles. The van der Waals surface area contributed by atoms with E-state index < -0.39 is 11.7 Å². The molecule has 0 aliphatic heterocycles. The quantitative estimate of drug-likeness (QED) is 0.362. The zero-order valence-electron chi connectivity index (χ0n) is 15.0. The van der Waals surface area contributed by atoms with Crippen molar-refractivity contribution in [2.75, 3.05) is 12.4 Å². The number of ether oxygens (including phenoxy) is 1. The predicted octanol–water partition coefficient (Wildman–Crippen LogP) is 5.93. The third-order valence-corrected chi connectivity index (χ3v) is 4.97. The molecule has 4 aromatic rings. The molecule has 0 radical (unpaired) electrons. The van der Waals surface area contributed by atoms with Crippen molar-refractivity contribution < 1.29 is 23.2 Å². The molecule has 0 atom stereocenters. The molecule has 0 aliphatic rings. The van der Waals surface area contributed by atoms with E-state index in [0.717, 1.165) is 0 Å². The fourth-order valence-electron chi connectivity index (χ4n) is 2.88. The van der Waals surface area contributed by atoms with Crippen LogP contribution in [0.5, 0.6) is 5.75 Å². The van der Waals surface area contributed by atoms with Crippen molar-refractivity contribution in [2.24, 2.45) is 0 Å². The summed E-state index contributed by atoms with van der Waals surface area (Å²) in [6.45, 7) is 0. The van der Waals surface area contributed by atoms with Gasteiger partial charge in [0, 0.05) is 10.9 Å². The van der Waals surface area contributed by atoms with Crippen molar-refractivity contribution in [3.8, 4) is 5.75 Å². The summed E-state index contributed by atoms with van der Waals surface area (Å²) in [4.78, 5) is 25.7. The van der Waals surface area contributed by atoms with Crippen LogP contribution >= 0.6 is 27.5 Å². The highest BCUT2D eigenvalue weighted by atomic mass is 79.9. The number of ketones is 1. The van der Waals surface area contributed by atoms with Crippen LogP contribution in [0.15, 0.2) is 68.1 Å². The molecule has 146 valence electrons. The minimum atomic E-state index is -0.510. The molecule has 1 amide bonds. The SMILES string of the molecule is COc1ccc(C(=O)c2oc3ccccc3c2NC(=O)c2ccc(Br)o2)cc1Cl. The Bertz CT molecular complexity index is 1240. The van der Waals surface area contributed by atoms with Gasteiger partial charge in [-0.1, -0.05) is 23.7 Å². The molecule has 0 aliphatic carbocycles. The van der Waals surface area contributed by atoms with Gasteiger partial charge < -0.3 is 18.9 Å². The Hall–Kier alpha value is -3.03. The number of benzene rings is 2. The third-order valence-electron chi connectivity index (χ3n) is 4.25. The Morgan fingerprint density at radius 1 is 1.07 bits per heavy atom. The fourth-order valence-corrected chi connectivity index (χ4v) is 3.44. The number of hydrogen-bond acceptors (Lipinski definition) is 5. The number of para-hydroxylation sites is 1. The van der Waals surface area contributed by atoms with E-state index in [1.165, 1.54) is 19.2 Å². The normalized spacial score (nSPS) is 10.9. The van der Waals surface area contributed by atoms with Gasteiger partial charge in [-0.3, -0.25) is 9.59 Å². The van der Waals surface area contributed by atoms with Gasteiger partial charge in [0.15, 0.2) is 16.2 Å². The van der Waals surface area contributed by atoms with Gasteiger partial charge in [0.05, 0.1) is 17.8 Å². The number of furan rings is 2. The van der Waals surface area contributed by atoms with E-state index in [1.54, 1.807) is 42.5 Å². The number of nitrogens with one attached hydrogen (secondary N) is 1. The number of amides is 1. The zero-order valence-corrected chi connectivity index (χ0v) is 17.3. The number of fused-ring (bicyclic) bond motifs is 1. The largest absolute Gasteiger partial charge is 0.495 e. The van der Waals surface area contributed by atoms with Crippen molar-refractivity contribution in [3.05, 3.63) is 81.4 Å². The van der Waals surface area contributed by atoms with E-state index in [0.29, 0.717) is 32.0 Å². The predicted molar refractivity (Wildman–Crippen MR) is 112 cm³/mol. The molecular formula is C21H13BrClNO5. The van der Waals surface area contributed by atoms with Crippen molar-refractivity contribution in [3.63, 3.8) is 0 Å². The van der Waals surface area contributed by atoms with E-state index in [1.807, 2.05) is 0 Å². The Labute approximate surface area is 178 Å². The number of carbonyl (C=O) groups excluding carboxylic acids is 2. The lowest BCUT2D eigenvalue weighted by atomic mass is 10.1. The molecule has 1 N–H and O–H groups in total. The van der Waals surface area contributed by atoms with Gasteiger partial charge in [0.25, 0.3) is 5.91 Å². The molecule has 0 bridgehead atoms. The molecular weight excluding hydrogens is 462 g/mol. The van der Waals surface area contributed by atoms with Gasteiger partial charge in [0.1, 0.15) is 11.3 Å². The summed E-state index contributed by atoms with van der Waals surface area (Å²) in [6.07, 6.45) is 0. The Kier molecular flexibility index (Phi) is 5.17. The van der Waals surface area contributed by atoms with Crippen LogP contribution in [0.4, 0.5) is 5.69 Å². The number of anilines is 1. The van der Waals surface area contributed by atoms with E-state index in [4.69, 9.17) is 25.2 Å². The van der Waals surface area contributed by atoms with Crippen molar-refractivity contribution in [2.45, 2.75) is 0 Å². The fraction of sp³-hybridized carbons (Fsp3) is 0.0476. The molecule has 0 unspecified atom stereocenters. The lowest BCUT2D eigenvalue weighted by molar-refractivity contribution is 0.0995. The minimum Gasteiger partial charge on any atom is -0.495 e. The Balaban J connectivity index is 1.78. The average molecular weight is 475 g/mol. The molecule has 0 saturated carbocycles. The van der Waals surface area contributed by atoms with Gasteiger partial charge in [-0.05, 0) is 58.4 Å². The maximum Gasteiger partial charge on any atom is 0.291 e. The maximum absolute atomic E-state index is 13.1. The number of halogens is 2. The Morgan fingerprint density at radius 2 is 1.86 bits per heavy atom. The smallest absolute Gasteiger partial charge is 0.291 e. The topological polar surface area (TPSA) is 81.7 Å². The van der Waals surface area contributed by atoms with Gasteiger partial charge in [0.2, 0.25) is 5.78 Å². The van der Waals surface area contributed by atoms with Crippen LogP contribution in [-0.2, 0) is 0 Å². The Morgan fingerprint density at radius 3 is 2.55 bits per heavy atom. The lowest BCUT2D eigenvalue weighted by Crippen LogP contribution is -2.13. The van der Waals surface area contributed by atoms with Crippen LogP contribution in [0, 0.1) is 0 Å². The van der Waals surface area contributed by atoms with Crippen LogP contribution in [0.2, 0.25) is 5.02 Å². The second kappa shape index (κ2) is 7.77. The molecule has 0 spiro atoms. The zero-order chi connectivity index (χ0) is 20.5. The van der Waals surface area contributed by atoms with Gasteiger partial charge in [-0.15, -0.1) is 0 Å². The van der Waals surface area contributed by atoms with Crippen molar-refractivity contribution >= 4 is 55.9 Å². The second-order valence-corrected chi connectivity index (χ2v) is 7.23. The van der Waals surface area contributed by atoms with Crippen LogP contribution in [-0.4, -0.2) is 18.8 Å². The lowest BCUT2D eigenvalue weighted by Gasteiger charge is -2.07. The molecule has 0 saturated heterocycles. The minimum absolute atomic E-state index is 0.00796. The first kappa shape index (κ1) is 19.3. The van der Waals surface area contributed by atoms with Crippen LogP contribution in [0.3, 0.4) is 0 Å². The van der Waals surface area contributed by atoms with Crippen LogP contribution in [0.1, 0.15) is 26.7 Å². The number of carbonyl (C=O) groups is 2. The highest BCUT2D eigenvalue weighted by molar-refractivity contribution is 9.10. The average Bonchev–Trinajstić information content (AvgIpc) is 3.31. The monoisotopic (exact) mass is 473 g/mol. The molecule has 0 fully saturated rings. The number of hydrogen-bond donors (Lipinski definition) is 1. The van der Waals surface area contributed by atoms with Gasteiger partial charge in [-0.2, -0.15) is 0 Å². The second-order valence-electron chi connectivity index (χ2n) is 6.04. The summed E-state index contributed by atoms with van der Waals surface area (Å²) in [5.74, 6) is -0.407. The van der Waals surface area contributed by atoms with E-state index in [2.05, 4.69) is 21.2 Å². The molecule has 2 heterocycles. The van der Waals surface area contributed by atoms with Gasteiger partial charge >= 0.3 is 0 Å². The van der Waals surface area contributed by atoms with E-state index >= 15 is 0 Å². The first-order chi connectivity index (χ1) is 14.0. The third kappa shape index (κ3) is 3.66. The summed E-state index contributed by atoms with van der Waals surface area (Å²) in [7, 11) is 1.49. The van der Waals surface area contributed by atoms with Crippen LogP contribution < -0.4 is 10.1 Å². The van der Waals surface area contributed by atoms with Gasteiger partial charge in [-0.25, -0.2) is 0 Å². The molecule has 29 heavy (non-hydrogen) atoms. The van der Waals surface area contributed by atoms with E-state index in [9.17, 15) is 9.59 Å². The van der Waals surface area contributed by atoms with Crippen LogP contribution in [0.25, 0.3) is 11.0 Å². The number of methoxy groups -OCH3 is 1. The van der Waals surface area contributed by atoms with Crippen molar-refractivity contribution in [1.29, 1.82) is 0 Å². The number of rotatable bonds is 5. The summed E-state index contributed by atoms with van der Waals surface area (Å²) in [6, 6.07) is 14.8. The van der Waals surface area contributed by atoms with Crippen molar-refractivity contribution in [1.82, 2.24) is 0 Å². The summed E-state index contributed by atoms with van der Waals surface area (Å²) in [5.41, 5.74) is 1.02. The van der Waals surface area contributed by atoms with E-state index in [-0.39, 0.29) is 17.2 Å². The standard InChI is InChI=1S/C21H13BrClNO5/c1-27-15-7-6-11(10-13(15)23)19(25)20-18(12-4-2-3-5-14(12)29-20)24-21(26)16-8-9-17(22)28-16/h2-10H,1H3,(H,24,26). The maximum atomic E-state index is 13.1. The highest BCUT2D eigenvalue weighted by Gasteiger charge is 2.25. The highest BCUT2D eigenvalue weighted by Crippen LogP contribution is 2.34. The first-order valence-corrected chi connectivity index (χ1v) is 9.61. The molecule has 8 heteroatoms. The molecule has 6 nitrogen and oxygen atoms in total. The summed E-state index contributed by atoms with van der Waals surface area (Å²) in [5, 5.41) is 3.61. The first-order valence-electron chi connectivity index (χ1n) is 8.44. The molecule has 2 aromatic carbocycles. The summed E-state index contributed by atoms with van der Waals surface area (Å²) < 4.78 is 16.6.